The number of amides is 1. The molecular formula is C13H14ClNO3. The van der Waals surface area contributed by atoms with E-state index in [1.54, 1.807) is 31.2 Å². The molecule has 1 N–H and O–H groups in total. The lowest BCUT2D eigenvalue weighted by Gasteiger charge is -2.07. The highest BCUT2D eigenvalue weighted by Crippen LogP contribution is 2.13. The van der Waals surface area contributed by atoms with Crippen molar-refractivity contribution in [1.29, 1.82) is 0 Å². The van der Waals surface area contributed by atoms with Crippen LogP contribution in [-0.2, 0) is 14.3 Å². The summed E-state index contributed by atoms with van der Waals surface area (Å²) < 4.78 is 4.85. The van der Waals surface area contributed by atoms with Crippen LogP contribution in [0.3, 0.4) is 0 Å². The molecule has 0 unspecified atom stereocenters. The number of carbonyl (C=O) groups excluding carboxylic acids is 2. The van der Waals surface area contributed by atoms with E-state index in [9.17, 15) is 9.59 Å². The summed E-state index contributed by atoms with van der Waals surface area (Å²) in [5.41, 5.74) is 0.797. The highest BCUT2D eigenvalue weighted by Gasteiger charge is 2.11. The summed E-state index contributed by atoms with van der Waals surface area (Å²) in [6.45, 7) is 3.26. The molecule has 0 heterocycles. The van der Waals surface area contributed by atoms with Crippen molar-refractivity contribution in [2.24, 2.45) is 0 Å². The first-order chi connectivity index (χ1) is 8.52. The first-order valence-corrected chi connectivity index (χ1v) is 5.82. The molecule has 1 amide bonds. The van der Waals surface area contributed by atoms with Gasteiger partial charge < -0.3 is 10.1 Å². The number of carbonyl (C=O) groups is 2. The quantitative estimate of drug-likeness (QED) is 0.673. The molecule has 1 rings (SSSR count). The van der Waals surface area contributed by atoms with Gasteiger partial charge in [-0.25, -0.2) is 4.79 Å². The minimum absolute atomic E-state index is 0.0895. The summed E-state index contributed by atoms with van der Waals surface area (Å²) >= 11 is 5.84. The SMILES string of the molecule is CCOC(=O)C(=Cc1cccc(Cl)c1)NC(C)=O. The van der Waals surface area contributed by atoms with E-state index in [0.29, 0.717) is 10.6 Å². The van der Waals surface area contributed by atoms with Crippen molar-refractivity contribution in [2.75, 3.05) is 6.61 Å². The fraction of sp³-hybridized carbons (Fsp3) is 0.231. The maximum absolute atomic E-state index is 11.6. The molecule has 5 heteroatoms. The second-order valence-electron chi connectivity index (χ2n) is 3.51. The van der Waals surface area contributed by atoms with Crippen molar-refractivity contribution in [3.63, 3.8) is 0 Å². The van der Waals surface area contributed by atoms with Gasteiger partial charge in [-0.15, -0.1) is 0 Å². The summed E-state index contributed by atoms with van der Waals surface area (Å²) in [4.78, 5) is 22.7. The normalized spacial score (nSPS) is 10.9. The minimum Gasteiger partial charge on any atom is -0.461 e. The lowest BCUT2D eigenvalue weighted by molar-refractivity contribution is -0.139. The molecule has 0 aliphatic heterocycles. The zero-order valence-corrected chi connectivity index (χ0v) is 11.0. The topological polar surface area (TPSA) is 55.4 Å². The minimum atomic E-state index is -0.576. The fourth-order valence-corrected chi connectivity index (χ4v) is 1.51. The Labute approximate surface area is 111 Å². The molecule has 0 aliphatic rings. The van der Waals surface area contributed by atoms with Crippen molar-refractivity contribution >= 4 is 29.6 Å². The van der Waals surface area contributed by atoms with Gasteiger partial charge >= 0.3 is 5.97 Å². The molecule has 0 radical (unpaired) electrons. The average molecular weight is 268 g/mol. The van der Waals surface area contributed by atoms with Gasteiger partial charge in [0.1, 0.15) is 5.70 Å². The van der Waals surface area contributed by atoms with E-state index in [1.807, 2.05) is 0 Å². The van der Waals surface area contributed by atoms with Gasteiger partial charge in [0.25, 0.3) is 0 Å². The third-order valence-corrected chi connectivity index (χ3v) is 2.20. The molecule has 0 fully saturated rings. The van der Waals surface area contributed by atoms with Gasteiger partial charge in [0, 0.05) is 11.9 Å². The molecular weight excluding hydrogens is 254 g/mol. The number of esters is 1. The monoisotopic (exact) mass is 267 g/mol. The van der Waals surface area contributed by atoms with E-state index >= 15 is 0 Å². The Morgan fingerprint density at radius 2 is 2.17 bits per heavy atom. The van der Waals surface area contributed by atoms with Crippen LogP contribution in [-0.4, -0.2) is 18.5 Å². The predicted octanol–water partition coefficient (Wildman–Crippen LogP) is 2.38. The Balaban J connectivity index is 3.01. The van der Waals surface area contributed by atoms with Crippen LogP contribution in [0, 0.1) is 0 Å². The van der Waals surface area contributed by atoms with Crippen LogP contribution < -0.4 is 5.32 Å². The average Bonchev–Trinajstić information content (AvgIpc) is 2.28. The van der Waals surface area contributed by atoms with Crippen molar-refractivity contribution < 1.29 is 14.3 Å². The molecule has 96 valence electrons. The lowest BCUT2D eigenvalue weighted by atomic mass is 10.2. The van der Waals surface area contributed by atoms with E-state index < -0.39 is 5.97 Å². The smallest absolute Gasteiger partial charge is 0.354 e. The van der Waals surface area contributed by atoms with E-state index in [4.69, 9.17) is 16.3 Å². The Kier molecular flexibility index (Phi) is 5.39. The summed E-state index contributed by atoms with van der Waals surface area (Å²) in [7, 11) is 0. The second kappa shape index (κ2) is 6.81. The molecule has 0 atom stereocenters. The molecule has 0 aliphatic carbocycles. The molecule has 1 aromatic rings. The van der Waals surface area contributed by atoms with Gasteiger partial charge in [0.15, 0.2) is 0 Å². The van der Waals surface area contributed by atoms with Gasteiger partial charge in [-0.05, 0) is 30.7 Å². The van der Waals surface area contributed by atoms with Gasteiger partial charge in [-0.1, -0.05) is 23.7 Å². The Bertz CT molecular complexity index is 483. The number of nitrogens with one attached hydrogen (secondary N) is 1. The Morgan fingerprint density at radius 1 is 1.44 bits per heavy atom. The van der Waals surface area contributed by atoms with Gasteiger partial charge in [-0.3, -0.25) is 4.79 Å². The molecule has 0 spiro atoms. The first-order valence-electron chi connectivity index (χ1n) is 5.45. The van der Waals surface area contributed by atoms with Crippen molar-refractivity contribution in [1.82, 2.24) is 5.32 Å². The second-order valence-corrected chi connectivity index (χ2v) is 3.95. The number of benzene rings is 1. The number of hydrogen-bond donors (Lipinski definition) is 1. The molecule has 1 aromatic carbocycles. The summed E-state index contributed by atoms with van der Waals surface area (Å²) in [6.07, 6.45) is 1.52. The third-order valence-electron chi connectivity index (χ3n) is 1.97. The predicted molar refractivity (Wildman–Crippen MR) is 69.9 cm³/mol. The summed E-state index contributed by atoms with van der Waals surface area (Å²) in [5, 5.41) is 2.99. The van der Waals surface area contributed by atoms with Crippen LogP contribution in [0.5, 0.6) is 0 Å². The van der Waals surface area contributed by atoms with Crippen LogP contribution in [0.1, 0.15) is 19.4 Å². The van der Waals surface area contributed by atoms with Gasteiger partial charge in [0.2, 0.25) is 5.91 Å². The third kappa shape index (κ3) is 4.59. The number of rotatable bonds is 4. The highest BCUT2D eigenvalue weighted by atomic mass is 35.5. The van der Waals surface area contributed by atoms with Crippen LogP contribution in [0.4, 0.5) is 0 Å². The van der Waals surface area contributed by atoms with Crippen LogP contribution in [0.15, 0.2) is 30.0 Å². The van der Waals surface area contributed by atoms with Crippen LogP contribution in [0.25, 0.3) is 6.08 Å². The number of ether oxygens (including phenoxy) is 1. The number of hydrogen-bond acceptors (Lipinski definition) is 3. The Morgan fingerprint density at radius 3 is 2.72 bits per heavy atom. The molecule has 0 saturated carbocycles. The maximum Gasteiger partial charge on any atom is 0.354 e. The lowest BCUT2D eigenvalue weighted by Crippen LogP contribution is -2.26. The van der Waals surface area contributed by atoms with Crippen molar-refractivity contribution in [3.8, 4) is 0 Å². The van der Waals surface area contributed by atoms with E-state index in [-0.39, 0.29) is 18.2 Å². The van der Waals surface area contributed by atoms with Gasteiger partial charge in [-0.2, -0.15) is 0 Å². The number of halogens is 1. The highest BCUT2D eigenvalue weighted by molar-refractivity contribution is 6.30. The molecule has 4 nitrogen and oxygen atoms in total. The zero-order valence-electron chi connectivity index (χ0n) is 10.2. The van der Waals surface area contributed by atoms with Gasteiger partial charge in [0.05, 0.1) is 6.61 Å². The zero-order chi connectivity index (χ0) is 13.5. The van der Waals surface area contributed by atoms with Crippen molar-refractivity contribution in [3.05, 3.63) is 40.5 Å². The molecule has 18 heavy (non-hydrogen) atoms. The largest absolute Gasteiger partial charge is 0.461 e. The van der Waals surface area contributed by atoms with E-state index in [2.05, 4.69) is 5.32 Å². The Hall–Kier alpha value is -1.81. The van der Waals surface area contributed by atoms with E-state index in [1.165, 1.54) is 13.0 Å². The molecule has 0 aromatic heterocycles. The first kappa shape index (κ1) is 14.3. The standard InChI is InChI=1S/C13H14ClNO3/c1-3-18-13(17)12(15-9(2)16)8-10-5-4-6-11(14)7-10/h4-8H,3H2,1-2H3,(H,15,16). The van der Waals surface area contributed by atoms with Crippen LogP contribution >= 0.6 is 11.6 Å². The molecule has 0 bridgehead atoms. The summed E-state index contributed by atoms with van der Waals surface area (Å²) in [5.74, 6) is -0.913. The molecule has 0 saturated heterocycles. The fourth-order valence-electron chi connectivity index (χ4n) is 1.31. The maximum atomic E-state index is 11.6. The van der Waals surface area contributed by atoms with Crippen molar-refractivity contribution in [2.45, 2.75) is 13.8 Å². The summed E-state index contributed by atoms with van der Waals surface area (Å²) in [6, 6.07) is 6.93. The van der Waals surface area contributed by atoms with E-state index in [0.717, 1.165) is 0 Å². The van der Waals surface area contributed by atoms with Crippen LogP contribution in [0.2, 0.25) is 5.02 Å².